The minimum Gasteiger partial charge on any atom is -0.299 e. The highest BCUT2D eigenvalue weighted by molar-refractivity contribution is 7.92. The molecular formula is C11H12F2O3S. The summed E-state index contributed by atoms with van der Waals surface area (Å²) in [6.07, 6.45) is 0.703. The summed E-state index contributed by atoms with van der Waals surface area (Å²) in [5.41, 5.74) is 0. The van der Waals surface area contributed by atoms with Crippen molar-refractivity contribution >= 4 is 15.6 Å². The lowest BCUT2D eigenvalue weighted by Crippen LogP contribution is -2.16. The molecule has 0 N–H and O–H groups in total. The number of carbonyl (C=O) groups is 1. The number of hydrogen-bond donors (Lipinski definition) is 0. The van der Waals surface area contributed by atoms with Crippen LogP contribution < -0.4 is 0 Å². The largest absolute Gasteiger partial charge is 0.299 e. The van der Waals surface area contributed by atoms with Crippen LogP contribution in [0.1, 0.15) is 19.8 Å². The van der Waals surface area contributed by atoms with Gasteiger partial charge in [0, 0.05) is 6.42 Å². The van der Waals surface area contributed by atoms with Gasteiger partial charge in [0.25, 0.3) is 0 Å². The van der Waals surface area contributed by atoms with Gasteiger partial charge in [0.15, 0.2) is 21.5 Å². The molecule has 0 radical (unpaired) electrons. The quantitative estimate of drug-likeness (QED) is 0.764. The van der Waals surface area contributed by atoms with Gasteiger partial charge in [-0.25, -0.2) is 17.2 Å². The fraction of sp³-hybridized carbons (Fsp3) is 0.364. The van der Waals surface area contributed by atoms with Crippen LogP contribution >= 0.6 is 0 Å². The first kappa shape index (κ1) is 13.8. The molecule has 0 saturated heterocycles. The Bertz CT molecular complexity index is 524. The first-order valence-corrected chi connectivity index (χ1v) is 6.71. The van der Waals surface area contributed by atoms with Crippen LogP contribution in [0.25, 0.3) is 0 Å². The normalized spacial score (nSPS) is 11.5. The van der Waals surface area contributed by atoms with Crippen molar-refractivity contribution in [3.63, 3.8) is 0 Å². The van der Waals surface area contributed by atoms with Gasteiger partial charge in [-0.1, -0.05) is 6.92 Å². The maximum atomic E-state index is 12.9. The summed E-state index contributed by atoms with van der Waals surface area (Å²) in [6, 6.07) is 2.27. The van der Waals surface area contributed by atoms with Gasteiger partial charge in [-0.3, -0.25) is 4.79 Å². The van der Waals surface area contributed by atoms with E-state index in [0.29, 0.717) is 12.5 Å². The van der Waals surface area contributed by atoms with Crippen LogP contribution in [0.2, 0.25) is 0 Å². The van der Waals surface area contributed by atoms with E-state index >= 15 is 0 Å². The van der Waals surface area contributed by atoms with Crippen LogP contribution in [0, 0.1) is 11.6 Å². The highest BCUT2D eigenvalue weighted by Crippen LogP contribution is 2.15. The summed E-state index contributed by atoms with van der Waals surface area (Å²) in [5, 5.41) is 0. The van der Waals surface area contributed by atoms with Crippen molar-refractivity contribution in [1.82, 2.24) is 0 Å². The summed E-state index contributed by atoms with van der Waals surface area (Å²) in [6.45, 7) is 1.75. The second-order valence-electron chi connectivity index (χ2n) is 3.62. The molecule has 0 unspecified atom stereocenters. The molecule has 94 valence electrons. The standard InChI is InChI=1S/C11H12F2O3S/c1-2-3-8(14)7-17(15,16)9-4-5-10(12)11(13)6-9/h4-6H,2-3,7H2,1H3. The smallest absolute Gasteiger partial charge is 0.185 e. The van der Waals surface area contributed by atoms with E-state index in [-0.39, 0.29) is 11.3 Å². The van der Waals surface area contributed by atoms with Crippen LogP contribution in [0.15, 0.2) is 23.1 Å². The third-order valence-electron chi connectivity index (χ3n) is 2.13. The topological polar surface area (TPSA) is 51.2 Å². The highest BCUT2D eigenvalue weighted by Gasteiger charge is 2.20. The monoisotopic (exact) mass is 262 g/mol. The van der Waals surface area contributed by atoms with Crippen LogP contribution in [0.3, 0.4) is 0 Å². The minimum atomic E-state index is -3.88. The van der Waals surface area contributed by atoms with Crippen LogP contribution in [0.4, 0.5) is 8.78 Å². The zero-order chi connectivity index (χ0) is 13.1. The Morgan fingerprint density at radius 1 is 1.24 bits per heavy atom. The molecule has 0 fully saturated rings. The molecule has 0 atom stereocenters. The van der Waals surface area contributed by atoms with E-state index in [2.05, 4.69) is 0 Å². The van der Waals surface area contributed by atoms with Crippen LogP contribution in [0.5, 0.6) is 0 Å². The molecule has 0 aliphatic heterocycles. The third-order valence-corrected chi connectivity index (χ3v) is 3.80. The number of sulfone groups is 1. The highest BCUT2D eigenvalue weighted by atomic mass is 32.2. The van der Waals surface area contributed by atoms with Gasteiger partial charge < -0.3 is 0 Å². The van der Waals surface area contributed by atoms with Crippen molar-refractivity contribution < 1.29 is 22.0 Å². The predicted molar refractivity (Wildman–Crippen MR) is 58.3 cm³/mol. The second kappa shape index (κ2) is 5.35. The van der Waals surface area contributed by atoms with Gasteiger partial charge in [0.1, 0.15) is 11.5 Å². The molecule has 0 aliphatic carbocycles. The summed E-state index contributed by atoms with van der Waals surface area (Å²) in [5.74, 6) is -3.47. The average molecular weight is 262 g/mol. The number of rotatable bonds is 5. The molecule has 3 nitrogen and oxygen atoms in total. The number of hydrogen-bond acceptors (Lipinski definition) is 3. The average Bonchev–Trinajstić information content (AvgIpc) is 2.21. The van der Waals surface area contributed by atoms with Gasteiger partial charge in [-0.2, -0.15) is 0 Å². The Kier molecular flexibility index (Phi) is 4.34. The number of benzene rings is 1. The maximum Gasteiger partial charge on any atom is 0.185 e. The lowest BCUT2D eigenvalue weighted by molar-refractivity contribution is -0.116. The Labute approximate surface area is 98.4 Å². The maximum absolute atomic E-state index is 12.9. The summed E-state index contributed by atoms with van der Waals surface area (Å²) >= 11 is 0. The molecule has 0 spiro atoms. The number of carbonyl (C=O) groups excluding carboxylic acids is 1. The van der Waals surface area contributed by atoms with Crippen molar-refractivity contribution in [2.75, 3.05) is 5.75 Å². The lowest BCUT2D eigenvalue weighted by atomic mass is 10.3. The minimum absolute atomic E-state index is 0.156. The number of Topliss-reactive ketones (excluding diaryl/α,β-unsaturated/α-hetero) is 1. The fourth-order valence-corrected chi connectivity index (χ4v) is 2.61. The molecule has 6 heteroatoms. The van der Waals surface area contributed by atoms with Gasteiger partial charge in [0.05, 0.1) is 4.90 Å². The third kappa shape index (κ3) is 3.59. The summed E-state index contributed by atoms with van der Waals surface area (Å²) < 4.78 is 48.8. The van der Waals surface area contributed by atoms with E-state index in [4.69, 9.17) is 0 Å². The molecule has 0 aliphatic rings. The molecule has 1 aromatic rings. The van der Waals surface area contributed by atoms with E-state index in [1.807, 2.05) is 0 Å². The molecule has 0 saturated carbocycles. The Morgan fingerprint density at radius 2 is 1.88 bits per heavy atom. The first-order valence-electron chi connectivity index (χ1n) is 5.06. The second-order valence-corrected chi connectivity index (χ2v) is 5.61. The lowest BCUT2D eigenvalue weighted by Gasteiger charge is -2.03. The van der Waals surface area contributed by atoms with Gasteiger partial charge >= 0.3 is 0 Å². The molecule has 17 heavy (non-hydrogen) atoms. The van der Waals surface area contributed by atoms with Crippen molar-refractivity contribution in [3.8, 4) is 0 Å². The van der Waals surface area contributed by atoms with E-state index in [9.17, 15) is 22.0 Å². The fourth-order valence-electron chi connectivity index (χ4n) is 1.32. The molecule has 0 bridgehead atoms. The van der Waals surface area contributed by atoms with Crippen molar-refractivity contribution in [1.29, 1.82) is 0 Å². The molecular weight excluding hydrogens is 250 g/mol. The van der Waals surface area contributed by atoms with Crippen LogP contribution in [-0.4, -0.2) is 20.0 Å². The predicted octanol–water partition coefficient (Wildman–Crippen LogP) is 2.11. The van der Waals surface area contributed by atoms with Crippen molar-refractivity contribution in [3.05, 3.63) is 29.8 Å². The number of ketones is 1. The first-order chi connectivity index (χ1) is 7.86. The summed E-state index contributed by atoms with van der Waals surface area (Å²) in [4.78, 5) is 10.9. The Morgan fingerprint density at radius 3 is 2.41 bits per heavy atom. The van der Waals surface area contributed by atoms with E-state index in [1.165, 1.54) is 0 Å². The SMILES string of the molecule is CCCC(=O)CS(=O)(=O)c1ccc(F)c(F)c1. The Hall–Kier alpha value is -1.30. The molecule has 1 rings (SSSR count). The van der Waals surface area contributed by atoms with E-state index in [1.54, 1.807) is 6.92 Å². The zero-order valence-electron chi connectivity index (χ0n) is 9.24. The zero-order valence-corrected chi connectivity index (χ0v) is 10.1. The van der Waals surface area contributed by atoms with Crippen LogP contribution in [-0.2, 0) is 14.6 Å². The van der Waals surface area contributed by atoms with Crippen molar-refractivity contribution in [2.45, 2.75) is 24.7 Å². The van der Waals surface area contributed by atoms with Gasteiger partial charge in [0.2, 0.25) is 0 Å². The molecule has 1 aromatic carbocycles. The Balaban J connectivity index is 2.97. The van der Waals surface area contributed by atoms with Gasteiger partial charge in [-0.15, -0.1) is 0 Å². The summed E-state index contributed by atoms with van der Waals surface area (Å²) in [7, 11) is -3.88. The molecule has 0 amide bonds. The van der Waals surface area contributed by atoms with Crippen molar-refractivity contribution in [2.24, 2.45) is 0 Å². The number of halogens is 2. The van der Waals surface area contributed by atoms with Gasteiger partial charge in [-0.05, 0) is 24.6 Å². The molecule has 0 heterocycles. The van der Waals surface area contributed by atoms with E-state index in [0.717, 1.165) is 12.1 Å². The molecule has 0 aromatic heterocycles. The van der Waals surface area contributed by atoms with E-state index < -0.39 is 33.0 Å².